The number of hydrogen-bond acceptors (Lipinski definition) is 5. The van der Waals surface area contributed by atoms with Crippen LogP contribution in [0.15, 0.2) is 71.3 Å². The summed E-state index contributed by atoms with van der Waals surface area (Å²) >= 11 is 0. The number of hydrogen-bond donors (Lipinski definition) is 2. The lowest BCUT2D eigenvalue weighted by atomic mass is 10.0. The molecule has 0 aliphatic heterocycles. The number of nitrogens with one attached hydrogen (secondary N) is 2. The van der Waals surface area contributed by atoms with Crippen LogP contribution in [0.25, 0.3) is 0 Å². The zero-order valence-corrected chi connectivity index (χ0v) is 19.0. The van der Waals surface area contributed by atoms with E-state index in [0.717, 1.165) is 24.0 Å². The third-order valence-electron chi connectivity index (χ3n) is 5.10. The van der Waals surface area contributed by atoms with Crippen molar-refractivity contribution in [3.05, 3.63) is 83.8 Å². The lowest BCUT2D eigenvalue weighted by Gasteiger charge is -2.18. The van der Waals surface area contributed by atoms with Crippen LogP contribution in [-0.4, -0.2) is 31.6 Å². The molecule has 3 rings (SSSR count). The van der Waals surface area contributed by atoms with Gasteiger partial charge in [0.05, 0.1) is 20.0 Å². The molecule has 0 fully saturated rings. The van der Waals surface area contributed by atoms with Gasteiger partial charge in [0.15, 0.2) is 17.3 Å². The molecule has 2 N–H and O–H groups in total. The molecule has 1 aromatic heterocycles. The predicted molar refractivity (Wildman–Crippen MR) is 125 cm³/mol. The van der Waals surface area contributed by atoms with Crippen LogP contribution < -0.4 is 20.1 Å². The second-order valence-corrected chi connectivity index (χ2v) is 7.60. The van der Waals surface area contributed by atoms with Crippen LogP contribution in [-0.2, 0) is 17.8 Å². The van der Waals surface area contributed by atoms with Crippen molar-refractivity contribution in [2.24, 2.45) is 0 Å². The summed E-state index contributed by atoms with van der Waals surface area (Å²) < 4.78 is 16.4. The van der Waals surface area contributed by atoms with Crippen LogP contribution in [0.2, 0.25) is 0 Å². The second-order valence-electron chi connectivity index (χ2n) is 7.60. The first-order valence-electron chi connectivity index (χ1n) is 11.1. The van der Waals surface area contributed by atoms with Gasteiger partial charge in [0, 0.05) is 13.0 Å². The minimum atomic E-state index is -0.761. The van der Waals surface area contributed by atoms with Gasteiger partial charge < -0.3 is 24.5 Å². The van der Waals surface area contributed by atoms with E-state index >= 15 is 0 Å². The van der Waals surface area contributed by atoms with E-state index in [9.17, 15) is 9.59 Å². The topological polar surface area (TPSA) is 89.8 Å². The van der Waals surface area contributed by atoms with Gasteiger partial charge in [-0.25, -0.2) is 0 Å². The molecule has 0 bridgehead atoms. The zero-order chi connectivity index (χ0) is 23.5. The molecule has 0 spiro atoms. The summed E-state index contributed by atoms with van der Waals surface area (Å²) in [5.41, 5.74) is 1.80. The molecule has 0 saturated heterocycles. The van der Waals surface area contributed by atoms with Gasteiger partial charge in [-0.15, -0.1) is 0 Å². The number of carbonyl (C=O) groups excluding carboxylic acids is 2. The summed E-state index contributed by atoms with van der Waals surface area (Å²) in [6.45, 7) is 3.01. The highest BCUT2D eigenvalue weighted by atomic mass is 16.5. The fourth-order valence-corrected chi connectivity index (χ4v) is 3.28. The summed E-state index contributed by atoms with van der Waals surface area (Å²) in [7, 11) is 1.59. The maximum absolute atomic E-state index is 13.0. The Morgan fingerprint density at radius 1 is 1.00 bits per heavy atom. The van der Waals surface area contributed by atoms with Crippen molar-refractivity contribution in [3.63, 3.8) is 0 Å². The van der Waals surface area contributed by atoms with Crippen LogP contribution in [0.3, 0.4) is 0 Å². The summed E-state index contributed by atoms with van der Waals surface area (Å²) in [5.74, 6) is 0.718. The number of benzene rings is 2. The highest BCUT2D eigenvalue weighted by Crippen LogP contribution is 2.28. The maximum atomic E-state index is 13.0. The summed E-state index contributed by atoms with van der Waals surface area (Å²) in [4.78, 5) is 25.5. The van der Waals surface area contributed by atoms with Crippen molar-refractivity contribution in [3.8, 4) is 11.5 Å². The Morgan fingerprint density at radius 3 is 2.52 bits per heavy atom. The first kappa shape index (κ1) is 23.9. The van der Waals surface area contributed by atoms with Gasteiger partial charge in [-0.3, -0.25) is 9.59 Å². The van der Waals surface area contributed by atoms with Crippen LogP contribution in [0.5, 0.6) is 11.5 Å². The van der Waals surface area contributed by atoms with E-state index in [1.165, 1.54) is 6.26 Å². The Labute approximate surface area is 194 Å². The monoisotopic (exact) mass is 450 g/mol. The smallest absolute Gasteiger partial charge is 0.287 e. The number of amides is 2. The van der Waals surface area contributed by atoms with E-state index in [4.69, 9.17) is 13.9 Å². The predicted octanol–water partition coefficient (Wildman–Crippen LogP) is 4.12. The Morgan fingerprint density at radius 2 is 1.82 bits per heavy atom. The van der Waals surface area contributed by atoms with Crippen molar-refractivity contribution in [1.82, 2.24) is 10.6 Å². The normalized spacial score (nSPS) is 11.5. The number of furan rings is 1. The molecule has 174 valence electrons. The molecule has 2 aromatic carbocycles. The minimum absolute atomic E-state index is 0.157. The van der Waals surface area contributed by atoms with Crippen LogP contribution >= 0.6 is 0 Å². The SMILES string of the molecule is CCCCOc1ccc(CNC(=O)C(Cc2ccccc2)NC(=O)c2ccco2)cc1OC. The third-order valence-corrected chi connectivity index (χ3v) is 5.10. The quantitative estimate of drug-likeness (QED) is 0.405. The van der Waals surface area contributed by atoms with Crippen molar-refractivity contribution < 1.29 is 23.5 Å². The van der Waals surface area contributed by atoms with Gasteiger partial charge >= 0.3 is 0 Å². The molecule has 7 nitrogen and oxygen atoms in total. The summed E-state index contributed by atoms with van der Waals surface area (Å²) in [6.07, 6.45) is 3.79. The molecule has 1 unspecified atom stereocenters. The first-order valence-corrected chi connectivity index (χ1v) is 11.1. The van der Waals surface area contributed by atoms with E-state index in [-0.39, 0.29) is 18.2 Å². The van der Waals surface area contributed by atoms with Crippen molar-refractivity contribution in [2.45, 2.75) is 38.8 Å². The zero-order valence-electron chi connectivity index (χ0n) is 19.0. The van der Waals surface area contributed by atoms with Crippen LogP contribution in [0.1, 0.15) is 41.4 Å². The molecule has 2 amide bonds. The lowest BCUT2D eigenvalue weighted by Crippen LogP contribution is -2.47. The Balaban J connectivity index is 1.66. The molecular formula is C26H30N2O5. The molecular weight excluding hydrogens is 420 g/mol. The average Bonchev–Trinajstić information content (AvgIpc) is 3.38. The van der Waals surface area contributed by atoms with Crippen molar-refractivity contribution >= 4 is 11.8 Å². The Hall–Kier alpha value is -3.74. The van der Waals surface area contributed by atoms with Crippen molar-refractivity contribution in [2.75, 3.05) is 13.7 Å². The van der Waals surface area contributed by atoms with E-state index in [0.29, 0.717) is 24.5 Å². The van der Waals surface area contributed by atoms with Gasteiger partial charge in [-0.2, -0.15) is 0 Å². The summed E-state index contributed by atoms with van der Waals surface area (Å²) in [5, 5.41) is 5.69. The lowest BCUT2D eigenvalue weighted by molar-refractivity contribution is -0.123. The standard InChI is InChI=1S/C26H30N2O5/c1-3-4-14-32-22-13-12-20(17-24(22)31-2)18-27-25(29)21(16-19-9-6-5-7-10-19)28-26(30)23-11-8-15-33-23/h5-13,15,17,21H,3-4,14,16,18H2,1-2H3,(H,27,29)(H,28,30). The molecule has 0 saturated carbocycles. The highest BCUT2D eigenvalue weighted by molar-refractivity contribution is 5.95. The van der Waals surface area contributed by atoms with Crippen molar-refractivity contribution in [1.29, 1.82) is 0 Å². The van der Waals surface area contributed by atoms with Gasteiger partial charge in [0.1, 0.15) is 6.04 Å². The first-order chi connectivity index (χ1) is 16.1. The minimum Gasteiger partial charge on any atom is -0.493 e. The van der Waals surface area contributed by atoms with Gasteiger partial charge in [0.2, 0.25) is 5.91 Å². The molecule has 3 aromatic rings. The number of rotatable bonds is 12. The molecule has 33 heavy (non-hydrogen) atoms. The number of methoxy groups -OCH3 is 1. The number of ether oxygens (including phenoxy) is 2. The van der Waals surface area contributed by atoms with Gasteiger partial charge in [-0.05, 0) is 41.8 Å². The van der Waals surface area contributed by atoms with E-state index < -0.39 is 11.9 Å². The molecule has 7 heteroatoms. The van der Waals surface area contributed by atoms with Crippen LogP contribution in [0, 0.1) is 0 Å². The highest BCUT2D eigenvalue weighted by Gasteiger charge is 2.23. The maximum Gasteiger partial charge on any atom is 0.287 e. The molecule has 1 atom stereocenters. The number of unbranched alkanes of at least 4 members (excludes halogenated alkanes) is 1. The van der Waals surface area contributed by atoms with E-state index in [2.05, 4.69) is 17.6 Å². The second kappa shape index (κ2) is 12.3. The largest absolute Gasteiger partial charge is 0.493 e. The Kier molecular flexibility index (Phi) is 8.94. The Bertz CT molecular complexity index is 1020. The fraction of sp³-hybridized carbons (Fsp3) is 0.308. The molecule has 0 aliphatic carbocycles. The van der Waals surface area contributed by atoms with Gasteiger partial charge in [0.25, 0.3) is 5.91 Å². The van der Waals surface area contributed by atoms with Gasteiger partial charge in [-0.1, -0.05) is 49.7 Å². The molecule has 1 heterocycles. The number of carbonyl (C=O) groups is 2. The average molecular weight is 451 g/mol. The van der Waals surface area contributed by atoms with Crippen LogP contribution in [0.4, 0.5) is 0 Å². The molecule has 0 radical (unpaired) electrons. The molecule has 0 aliphatic rings. The third kappa shape index (κ3) is 7.14. The van der Waals surface area contributed by atoms with E-state index in [1.54, 1.807) is 19.2 Å². The fourth-order valence-electron chi connectivity index (χ4n) is 3.28. The summed E-state index contributed by atoms with van der Waals surface area (Å²) in [6, 6.07) is 17.5. The van der Waals surface area contributed by atoms with E-state index in [1.807, 2.05) is 48.5 Å².